The molecule has 0 saturated heterocycles. The van der Waals surface area contributed by atoms with E-state index >= 15 is 0 Å². The summed E-state index contributed by atoms with van der Waals surface area (Å²) in [6, 6.07) is 2.13. The number of amides is 2. The minimum absolute atomic E-state index is 0.128. The molecule has 4 N–H and O–H groups in total. The fraction of sp³-hybridized carbons (Fsp3) is 0.385. The molecule has 0 radical (unpaired) electrons. The number of hydrazine groups is 1. The van der Waals surface area contributed by atoms with Crippen LogP contribution >= 0.6 is 0 Å². The Balaban J connectivity index is 2.98. The van der Waals surface area contributed by atoms with Gasteiger partial charge in [0.05, 0.1) is 10.6 Å². The Hall–Kier alpha value is -2.58. The van der Waals surface area contributed by atoms with E-state index in [2.05, 4.69) is 5.43 Å². The molecule has 2 amide bonds. The van der Waals surface area contributed by atoms with Gasteiger partial charge in [-0.15, -0.1) is 0 Å². The van der Waals surface area contributed by atoms with E-state index in [0.717, 1.165) is 12.1 Å². The van der Waals surface area contributed by atoms with Gasteiger partial charge in [-0.25, -0.2) is 8.42 Å². The third-order valence-electron chi connectivity index (χ3n) is 3.17. The van der Waals surface area contributed by atoms with Gasteiger partial charge >= 0.3 is 17.4 Å². The monoisotopic (exact) mass is 439 g/mol. The van der Waals surface area contributed by atoms with Gasteiger partial charge in [0.25, 0.3) is 0 Å². The van der Waals surface area contributed by atoms with Crippen LogP contribution in [0.3, 0.4) is 0 Å². The number of halogens is 7. The first-order valence-corrected chi connectivity index (χ1v) is 8.52. The molecule has 0 aliphatic heterocycles. The average molecular weight is 439 g/mol. The quantitative estimate of drug-likeness (QED) is 0.423. The summed E-state index contributed by atoms with van der Waals surface area (Å²) in [5.74, 6) is -8.32. The average Bonchev–Trinajstić information content (AvgIpc) is 2.57. The second-order valence-electron chi connectivity index (χ2n) is 5.26. The predicted molar refractivity (Wildman–Crippen MR) is 79.8 cm³/mol. The SMILES string of the molecule is NC(=O)CCC(=O)NNc1ccc(S(=O)(=O)C(F)(F)C(F)(F)C(F)(F)F)cc1. The van der Waals surface area contributed by atoms with Gasteiger partial charge < -0.3 is 5.73 Å². The first kappa shape index (κ1) is 23.5. The summed E-state index contributed by atoms with van der Waals surface area (Å²) in [4.78, 5) is 20.3. The standard InChI is InChI=1S/C13H12F7N3O4S/c14-11(15,12(16,17)18)13(19,20)28(26,27)8-3-1-7(2-4-8)22-23-10(25)6-5-9(21)24/h1-4,22H,5-6H2,(H2,21,24)(H,23,25). The molecule has 0 aliphatic carbocycles. The molecule has 158 valence electrons. The van der Waals surface area contributed by atoms with E-state index in [0.29, 0.717) is 12.1 Å². The van der Waals surface area contributed by atoms with Crippen molar-refractivity contribution in [3.8, 4) is 0 Å². The highest BCUT2D eigenvalue weighted by Gasteiger charge is 2.78. The van der Waals surface area contributed by atoms with E-state index in [1.54, 1.807) is 0 Å². The van der Waals surface area contributed by atoms with Crippen LogP contribution in [-0.2, 0) is 19.4 Å². The molecular formula is C13H12F7N3O4S. The van der Waals surface area contributed by atoms with Gasteiger partial charge in [-0.05, 0) is 24.3 Å². The predicted octanol–water partition coefficient (Wildman–Crippen LogP) is 1.96. The summed E-state index contributed by atoms with van der Waals surface area (Å²) in [5, 5.41) is -6.46. The maximum absolute atomic E-state index is 13.5. The lowest BCUT2D eigenvalue weighted by atomic mass is 10.3. The van der Waals surface area contributed by atoms with Crippen LogP contribution in [0, 0.1) is 0 Å². The zero-order valence-electron chi connectivity index (χ0n) is 13.5. The molecule has 0 atom stereocenters. The first-order valence-electron chi connectivity index (χ1n) is 7.04. The normalized spacial score (nSPS) is 13.1. The fourth-order valence-electron chi connectivity index (χ4n) is 1.64. The zero-order chi connectivity index (χ0) is 22.0. The van der Waals surface area contributed by atoms with Crippen LogP contribution in [0.15, 0.2) is 29.2 Å². The summed E-state index contributed by atoms with van der Waals surface area (Å²) in [6.45, 7) is 0. The molecular weight excluding hydrogens is 427 g/mol. The lowest BCUT2D eigenvalue weighted by molar-refractivity contribution is -0.332. The highest BCUT2D eigenvalue weighted by molar-refractivity contribution is 7.92. The molecule has 0 bridgehead atoms. The van der Waals surface area contributed by atoms with Gasteiger partial charge in [-0.1, -0.05) is 0 Å². The van der Waals surface area contributed by atoms with Crippen LogP contribution < -0.4 is 16.6 Å². The van der Waals surface area contributed by atoms with E-state index in [9.17, 15) is 48.7 Å². The van der Waals surface area contributed by atoms with Crippen molar-refractivity contribution in [2.24, 2.45) is 5.73 Å². The molecule has 1 aromatic rings. The number of primary amides is 1. The van der Waals surface area contributed by atoms with Crippen molar-refractivity contribution in [2.75, 3.05) is 5.43 Å². The van der Waals surface area contributed by atoms with E-state index in [4.69, 9.17) is 5.73 Å². The van der Waals surface area contributed by atoms with Crippen molar-refractivity contribution in [3.63, 3.8) is 0 Å². The molecule has 0 fully saturated rings. The summed E-state index contributed by atoms with van der Waals surface area (Å²) in [7, 11) is -6.42. The van der Waals surface area contributed by atoms with Crippen molar-refractivity contribution in [1.29, 1.82) is 0 Å². The lowest BCUT2D eigenvalue weighted by Crippen LogP contribution is -2.55. The van der Waals surface area contributed by atoms with Crippen molar-refractivity contribution in [1.82, 2.24) is 5.43 Å². The molecule has 1 rings (SSSR count). The van der Waals surface area contributed by atoms with E-state index in [1.807, 2.05) is 5.43 Å². The Bertz CT molecular complexity index is 839. The summed E-state index contributed by atoms with van der Waals surface area (Å²) < 4.78 is 113. The number of anilines is 1. The molecule has 1 aromatic carbocycles. The molecule has 0 aromatic heterocycles. The number of rotatable bonds is 8. The fourth-order valence-corrected chi connectivity index (χ4v) is 2.88. The number of hydrogen-bond acceptors (Lipinski definition) is 5. The highest BCUT2D eigenvalue weighted by atomic mass is 32.2. The second kappa shape index (κ2) is 7.81. The number of alkyl halides is 7. The smallest absolute Gasteiger partial charge is 0.370 e. The van der Waals surface area contributed by atoms with Gasteiger partial charge in [0.15, 0.2) is 0 Å². The minimum Gasteiger partial charge on any atom is -0.370 e. The van der Waals surface area contributed by atoms with Crippen molar-refractivity contribution in [2.45, 2.75) is 35.1 Å². The Morgan fingerprint density at radius 1 is 0.929 bits per heavy atom. The van der Waals surface area contributed by atoms with Crippen LogP contribution in [-0.4, -0.2) is 37.6 Å². The zero-order valence-corrected chi connectivity index (χ0v) is 14.3. The third-order valence-corrected chi connectivity index (χ3v) is 4.99. The summed E-state index contributed by atoms with van der Waals surface area (Å²) >= 11 is 0. The largest absolute Gasteiger partial charge is 0.461 e. The summed E-state index contributed by atoms with van der Waals surface area (Å²) in [5.41, 5.74) is 8.89. The highest BCUT2D eigenvalue weighted by Crippen LogP contribution is 2.50. The van der Waals surface area contributed by atoms with Crippen LogP contribution in [0.25, 0.3) is 0 Å². The topological polar surface area (TPSA) is 118 Å². The third kappa shape index (κ3) is 4.63. The van der Waals surface area contributed by atoms with Gasteiger partial charge in [-0.2, -0.15) is 30.7 Å². The number of carbonyl (C=O) groups excluding carboxylic acids is 2. The number of sulfone groups is 1. The Morgan fingerprint density at radius 3 is 1.86 bits per heavy atom. The molecule has 0 aliphatic rings. The number of nitrogens with two attached hydrogens (primary N) is 1. The number of hydrogen-bond donors (Lipinski definition) is 3. The van der Waals surface area contributed by atoms with Gasteiger partial charge in [0.1, 0.15) is 0 Å². The molecule has 7 nitrogen and oxygen atoms in total. The van der Waals surface area contributed by atoms with Gasteiger partial charge in [-0.3, -0.25) is 20.4 Å². The van der Waals surface area contributed by atoms with Crippen molar-refractivity contribution in [3.05, 3.63) is 24.3 Å². The van der Waals surface area contributed by atoms with Crippen LogP contribution in [0.5, 0.6) is 0 Å². The van der Waals surface area contributed by atoms with E-state index in [-0.39, 0.29) is 18.5 Å². The number of benzene rings is 1. The Morgan fingerprint density at radius 2 is 1.43 bits per heavy atom. The maximum atomic E-state index is 13.5. The van der Waals surface area contributed by atoms with Crippen LogP contribution in [0.2, 0.25) is 0 Å². The molecule has 0 unspecified atom stereocenters. The van der Waals surface area contributed by atoms with Gasteiger partial charge in [0.2, 0.25) is 21.7 Å². The maximum Gasteiger partial charge on any atom is 0.461 e. The number of nitrogens with one attached hydrogen (secondary N) is 2. The van der Waals surface area contributed by atoms with Crippen molar-refractivity contribution < 1.29 is 48.7 Å². The molecule has 0 spiro atoms. The molecule has 28 heavy (non-hydrogen) atoms. The Labute approximate surface area is 153 Å². The van der Waals surface area contributed by atoms with Crippen molar-refractivity contribution >= 4 is 27.3 Å². The molecule has 0 saturated carbocycles. The minimum atomic E-state index is -6.83. The molecule has 15 heteroatoms. The second-order valence-corrected chi connectivity index (χ2v) is 7.25. The number of carbonyl (C=O) groups is 2. The lowest BCUT2D eigenvalue weighted by Gasteiger charge is -2.27. The van der Waals surface area contributed by atoms with Crippen LogP contribution in [0.1, 0.15) is 12.8 Å². The first-order chi connectivity index (χ1) is 12.5. The molecule has 0 heterocycles. The van der Waals surface area contributed by atoms with Gasteiger partial charge in [0, 0.05) is 12.8 Å². The summed E-state index contributed by atoms with van der Waals surface area (Å²) in [6.07, 6.45) is -7.40. The van der Waals surface area contributed by atoms with E-state index in [1.165, 1.54) is 0 Å². The van der Waals surface area contributed by atoms with Crippen LogP contribution in [0.4, 0.5) is 36.4 Å². The van der Waals surface area contributed by atoms with E-state index < -0.39 is 43.9 Å². The Kier molecular flexibility index (Phi) is 6.54.